The Balaban J connectivity index is 1.73. The second kappa shape index (κ2) is 3.96. The molecule has 0 spiro atoms. The molecule has 1 aliphatic heterocycles. The first-order chi connectivity index (χ1) is 9.93. The van der Waals surface area contributed by atoms with Crippen molar-refractivity contribution in [1.29, 1.82) is 0 Å². The fourth-order valence-electron chi connectivity index (χ4n) is 4.93. The zero-order chi connectivity index (χ0) is 15.0. The van der Waals surface area contributed by atoms with E-state index in [1.54, 1.807) is 13.8 Å². The fraction of sp³-hybridized carbons (Fsp3) is 0.688. The highest BCUT2D eigenvalue weighted by Gasteiger charge is 2.67. The monoisotopic (exact) mass is 288 g/mol. The van der Waals surface area contributed by atoms with E-state index >= 15 is 0 Å². The summed E-state index contributed by atoms with van der Waals surface area (Å²) in [7, 11) is 0. The number of hydrogen-bond acceptors (Lipinski definition) is 4. The van der Waals surface area contributed by atoms with E-state index in [0.717, 1.165) is 11.3 Å². The van der Waals surface area contributed by atoms with Gasteiger partial charge in [-0.15, -0.1) is 0 Å². The Bertz CT molecular complexity index is 545. The number of carbonyl (C=O) groups excluding carboxylic acids is 3. The second-order valence-electron chi connectivity index (χ2n) is 7.21. The summed E-state index contributed by atoms with van der Waals surface area (Å²) in [5.74, 6) is -1.64. The van der Waals surface area contributed by atoms with Crippen molar-refractivity contribution in [2.24, 2.45) is 41.4 Å². The van der Waals surface area contributed by atoms with Crippen LogP contribution >= 0.6 is 0 Å². The second-order valence-corrected chi connectivity index (χ2v) is 7.21. The lowest BCUT2D eigenvalue weighted by Crippen LogP contribution is -2.53. The van der Waals surface area contributed by atoms with E-state index in [1.807, 2.05) is 0 Å². The van der Waals surface area contributed by atoms with Gasteiger partial charge in [0.2, 0.25) is 11.8 Å². The summed E-state index contributed by atoms with van der Waals surface area (Å²) >= 11 is 0. The van der Waals surface area contributed by atoms with Crippen molar-refractivity contribution < 1.29 is 19.5 Å². The van der Waals surface area contributed by atoms with E-state index in [-0.39, 0.29) is 41.4 Å². The molecule has 0 aromatic heterocycles. The van der Waals surface area contributed by atoms with E-state index in [4.69, 9.17) is 0 Å². The molecule has 5 rings (SSSR count). The number of imide groups is 1. The summed E-state index contributed by atoms with van der Waals surface area (Å²) in [6, 6.07) is -1.15. The summed E-state index contributed by atoms with van der Waals surface area (Å²) < 4.78 is 0. The van der Waals surface area contributed by atoms with Gasteiger partial charge < -0.3 is 9.90 Å². The van der Waals surface area contributed by atoms with Crippen LogP contribution in [0.2, 0.25) is 0 Å². The molecule has 2 saturated carbocycles. The van der Waals surface area contributed by atoms with Crippen molar-refractivity contribution in [3.8, 4) is 0 Å². The minimum absolute atomic E-state index is 0.126. The van der Waals surface area contributed by atoms with Crippen molar-refractivity contribution in [1.82, 2.24) is 4.90 Å². The van der Waals surface area contributed by atoms with Crippen molar-refractivity contribution >= 4 is 17.8 Å². The maximum atomic E-state index is 12.7. The molecular weight excluding hydrogens is 270 g/mol. The molecule has 3 fully saturated rings. The van der Waals surface area contributed by atoms with E-state index < -0.39 is 12.0 Å². The topological polar surface area (TPSA) is 77.5 Å². The molecule has 0 N–H and O–H groups in total. The summed E-state index contributed by atoms with van der Waals surface area (Å²) in [4.78, 5) is 37.9. The van der Waals surface area contributed by atoms with Crippen LogP contribution in [0.25, 0.3) is 0 Å². The van der Waals surface area contributed by atoms with Gasteiger partial charge in [-0.2, -0.15) is 0 Å². The van der Waals surface area contributed by atoms with Crippen LogP contribution in [-0.4, -0.2) is 28.7 Å². The van der Waals surface area contributed by atoms with E-state index in [1.165, 1.54) is 0 Å². The number of carbonyl (C=O) groups is 3. The molecule has 7 atom stereocenters. The highest BCUT2D eigenvalue weighted by atomic mass is 16.4. The Morgan fingerprint density at radius 3 is 2.00 bits per heavy atom. The first-order valence-electron chi connectivity index (χ1n) is 7.69. The van der Waals surface area contributed by atoms with Gasteiger partial charge in [-0.05, 0) is 36.0 Å². The normalized spacial score (nSPS) is 44.0. The SMILES string of the molecule is CC(C)[C@H](C(=O)[O-])N1C(=O)[C@@H]2[C@H]3C=C[C@H]([C@@H]4C[C@H]34)[C@@H]2C1=O. The number of aliphatic carboxylic acids is 1. The van der Waals surface area contributed by atoms with Gasteiger partial charge >= 0.3 is 0 Å². The molecule has 4 aliphatic carbocycles. The first-order valence-corrected chi connectivity index (χ1v) is 7.69. The third-order valence-corrected chi connectivity index (χ3v) is 5.85. The van der Waals surface area contributed by atoms with Crippen molar-refractivity contribution in [2.75, 3.05) is 0 Å². The Morgan fingerprint density at radius 1 is 1.14 bits per heavy atom. The summed E-state index contributed by atoms with van der Waals surface area (Å²) in [5, 5.41) is 11.4. The van der Waals surface area contributed by atoms with Crippen LogP contribution in [0.4, 0.5) is 0 Å². The number of likely N-dealkylation sites (tertiary alicyclic amines) is 1. The third kappa shape index (κ3) is 1.49. The number of carboxylic acid groups (broad SMARTS) is 1. The van der Waals surface area contributed by atoms with Gasteiger partial charge in [0.25, 0.3) is 0 Å². The maximum absolute atomic E-state index is 12.7. The Labute approximate surface area is 123 Å². The molecule has 0 aromatic carbocycles. The molecule has 0 aromatic rings. The lowest BCUT2D eigenvalue weighted by atomic mass is 9.63. The summed E-state index contributed by atoms with van der Waals surface area (Å²) in [6.07, 6.45) is 5.26. The van der Waals surface area contributed by atoms with Crippen LogP contribution in [0.15, 0.2) is 12.2 Å². The molecule has 5 heteroatoms. The average Bonchev–Trinajstić information content (AvgIpc) is 3.19. The number of rotatable bonds is 3. The smallest absolute Gasteiger partial charge is 0.234 e. The number of amides is 2. The van der Waals surface area contributed by atoms with Gasteiger partial charge in [0.05, 0.1) is 23.8 Å². The van der Waals surface area contributed by atoms with Gasteiger partial charge in [0.15, 0.2) is 0 Å². The molecule has 0 radical (unpaired) electrons. The van der Waals surface area contributed by atoms with Crippen molar-refractivity contribution in [3.05, 3.63) is 12.2 Å². The fourth-order valence-corrected chi connectivity index (χ4v) is 4.93. The highest BCUT2D eigenvalue weighted by Crippen LogP contribution is 2.65. The van der Waals surface area contributed by atoms with Gasteiger partial charge in [0.1, 0.15) is 0 Å². The Kier molecular flexibility index (Phi) is 2.46. The average molecular weight is 288 g/mol. The van der Waals surface area contributed by atoms with E-state index in [0.29, 0.717) is 11.8 Å². The van der Waals surface area contributed by atoms with Crippen LogP contribution in [0.1, 0.15) is 20.3 Å². The molecule has 1 saturated heterocycles. The zero-order valence-electron chi connectivity index (χ0n) is 12.1. The molecule has 2 bridgehead atoms. The van der Waals surface area contributed by atoms with Crippen LogP contribution < -0.4 is 5.11 Å². The standard InChI is InChI=1S/C16H19NO4/c1-6(2)13(16(20)21)17-14(18)11-7-3-4-8(10-5-9(7)10)12(11)15(17)19/h3-4,6-13H,5H2,1-2H3,(H,20,21)/p-1/t7-,8+,9+,10-,11+,12-,13-/m1/s1. The third-order valence-electron chi connectivity index (χ3n) is 5.85. The van der Waals surface area contributed by atoms with E-state index in [2.05, 4.69) is 12.2 Å². The van der Waals surface area contributed by atoms with E-state index in [9.17, 15) is 19.5 Å². The molecule has 0 unspecified atom stereocenters. The molecule has 2 amide bonds. The number of nitrogens with zero attached hydrogens (tertiary/aromatic N) is 1. The summed E-state index contributed by atoms with van der Waals surface area (Å²) in [5.41, 5.74) is 0. The molecule has 112 valence electrons. The highest BCUT2D eigenvalue weighted by molar-refractivity contribution is 6.08. The number of carboxylic acids is 1. The Hall–Kier alpha value is -1.65. The predicted octanol–water partition coefficient (Wildman–Crippen LogP) is -0.186. The largest absolute Gasteiger partial charge is 0.548 e. The van der Waals surface area contributed by atoms with Gasteiger partial charge in [-0.1, -0.05) is 26.0 Å². The zero-order valence-corrected chi connectivity index (χ0v) is 12.1. The van der Waals surface area contributed by atoms with Crippen molar-refractivity contribution in [2.45, 2.75) is 26.3 Å². The van der Waals surface area contributed by atoms with Gasteiger partial charge in [-0.25, -0.2) is 0 Å². The lowest BCUT2D eigenvalue weighted by molar-refractivity contribution is -0.312. The molecule has 21 heavy (non-hydrogen) atoms. The lowest BCUT2D eigenvalue weighted by Gasteiger charge is -2.37. The number of hydrogen-bond donors (Lipinski definition) is 0. The quantitative estimate of drug-likeness (QED) is 0.533. The van der Waals surface area contributed by atoms with Crippen LogP contribution in [0, 0.1) is 41.4 Å². The van der Waals surface area contributed by atoms with Gasteiger partial charge in [-0.3, -0.25) is 14.5 Å². The minimum Gasteiger partial charge on any atom is -0.548 e. The molecule has 1 heterocycles. The van der Waals surface area contributed by atoms with Gasteiger partial charge in [0, 0.05) is 0 Å². The minimum atomic E-state index is -1.34. The maximum Gasteiger partial charge on any atom is 0.234 e. The summed E-state index contributed by atoms with van der Waals surface area (Å²) in [6.45, 7) is 3.40. The van der Waals surface area contributed by atoms with Crippen LogP contribution in [0.5, 0.6) is 0 Å². The molecule has 5 nitrogen and oxygen atoms in total. The number of allylic oxidation sites excluding steroid dienone is 2. The first kappa shape index (κ1) is 13.0. The predicted molar refractivity (Wildman–Crippen MR) is 70.2 cm³/mol. The van der Waals surface area contributed by atoms with Crippen LogP contribution in [0.3, 0.4) is 0 Å². The molecule has 5 aliphatic rings. The molecular formula is C16H18NO4-. The van der Waals surface area contributed by atoms with Crippen molar-refractivity contribution in [3.63, 3.8) is 0 Å². The Morgan fingerprint density at radius 2 is 1.62 bits per heavy atom. The van der Waals surface area contributed by atoms with Crippen LogP contribution in [-0.2, 0) is 14.4 Å².